The van der Waals surface area contributed by atoms with Crippen molar-refractivity contribution in [2.75, 3.05) is 27.4 Å². The van der Waals surface area contributed by atoms with Gasteiger partial charge in [0.2, 0.25) is 11.8 Å². The number of methoxy groups -OCH3 is 2. The number of carbonyl (C=O) groups excluding carboxylic acids is 2. The van der Waals surface area contributed by atoms with Crippen LogP contribution in [0.2, 0.25) is 0 Å². The Morgan fingerprint density at radius 1 is 0.963 bits per heavy atom. The standard InChI is InChI=1S/C21H28N2O4/c1-26-14-9-10-17(19(12-14)27-2)18-8-5-11-22(18)13-23-20(24)15-6-3-4-7-16(15)21(23)25/h9-10,12,15-16,18H,3-8,11,13H2,1-2H3/t15-,16-,18+/m1/s1. The lowest BCUT2D eigenvalue weighted by molar-refractivity contribution is -0.142. The van der Waals surface area contributed by atoms with Crippen molar-refractivity contribution >= 4 is 11.8 Å². The highest BCUT2D eigenvalue weighted by atomic mass is 16.5. The van der Waals surface area contributed by atoms with Crippen molar-refractivity contribution in [2.24, 2.45) is 11.8 Å². The van der Waals surface area contributed by atoms with Crippen molar-refractivity contribution in [1.29, 1.82) is 0 Å². The Balaban J connectivity index is 1.54. The van der Waals surface area contributed by atoms with Gasteiger partial charge in [-0.3, -0.25) is 19.4 Å². The van der Waals surface area contributed by atoms with Crippen molar-refractivity contribution in [3.63, 3.8) is 0 Å². The van der Waals surface area contributed by atoms with Crippen LogP contribution in [0.1, 0.15) is 50.1 Å². The van der Waals surface area contributed by atoms with Crippen LogP contribution in [0.25, 0.3) is 0 Å². The maximum Gasteiger partial charge on any atom is 0.234 e. The van der Waals surface area contributed by atoms with Crippen molar-refractivity contribution in [3.8, 4) is 11.5 Å². The Morgan fingerprint density at radius 3 is 2.30 bits per heavy atom. The van der Waals surface area contributed by atoms with Crippen molar-refractivity contribution in [3.05, 3.63) is 23.8 Å². The third-order valence-corrected chi connectivity index (χ3v) is 6.42. The molecule has 2 saturated heterocycles. The number of hydrogen-bond acceptors (Lipinski definition) is 5. The van der Waals surface area contributed by atoms with E-state index in [0.717, 1.165) is 62.1 Å². The number of imide groups is 1. The van der Waals surface area contributed by atoms with E-state index in [1.807, 2.05) is 18.2 Å². The van der Waals surface area contributed by atoms with Gasteiger partial charge in [-0.25, -0.2) is 0 Å². The molecular weight excluding hydrogens is 344 g/mol. The molecule has 0 aromatic heterocycles. The molecule has 2 heterocycles. The second-order valence-corrected chi connectivity index (χ2v) is 7.82. The summed E-state index contributed by atoms with van der Waals surface area (Å²) in [7, 11) is 3.30. The molecule has 1 aliphatic carbocycles. The van der Waals surface area contributed by atoms with E-state index in [-0.39, 0.29) is 29.7 Å². The molecule has 1 aromatic carbocycles. The monoisotopic (exact) mass is 372 g/mol. The first-order valence-electron chi connectivity index (χ1n) is 9.95. The average Bonchev–Trinajstić information content (AvgIpc) is 3.26. The Hall–Kier alpha value is -2.08. The summed E-state index contributed by atoms with van der Waals surface area (Å²) in [6.07, 6.45) is 5.88. The summed E-state index contributed by atoms with van der Waals surface area (Å²) in [5.41, 5.74) is 1.09. The molecule has 2 amide bonds. The fourth-order valence-electron chi connectivity index (χ4n) is 4.99. The fraction of sp³-hybridized carbons (Fsp3) is 0.619. The number of amides is 2. The molecule has 0 unspecified atom stereocenters. The lowest BCUT2D eigenvalue weighted by atomic mass is 9.81. The summed E-state index contributed by atoms with van der Waals surface area (Å²) >= 11 is 0. The molecule has 6 nitrogen and oxygen atoms in total. The zero-order chi connectivity index (χ0) is 19.0. The lowest BCUT2D eigenvalue weighted by Crippen LogP contribution is -2.41. The first kappa shape index (κ1) is 18.3. The molecule has 1 saturated carbocycles. The van der Waals surface area contributed by atoms with Gasteiger partial charge in [-0.1, -0.05) is 18.9 Å². The first-order chi connectivity index (χ1) is 13.1. The number of hydrogen-bond donors (Lipinski definition) is 0. The molecule has 3 fully saturated rings. The molecule has 27 heavy (non-hydrogen) atoms. The van der Waals surface area contributed by atoms with E-state index >= 15 is 0 Å². The van der Waals surface area contributed by atoms with Gasteiger partial charge in [0, 0.05) is 24.2 Å². The van der Waals surface area contributed by atoms with Gasteiger partial charge in [0.25, 0.3) is 0 Å². The van der Waals surface area contributed by atoms with Crippen LogP contribution in [0, 0.1) is 11.8 Å². The average molecular weight is 372 g/mol. The molecule has 2 aliphatic heterocycles. The van der Waals surface area contributed by atoms with Crippen LogP contribution < -0.4 is 9.47 Å². The van der Waals surface area contributed by atoms with Gasteiger partial charge in [-0.15, -0.1) is 0 Å². The number of ether oxygens (including phenoxy) is 2. The quantitative estimate of drug-likeness (QED) is 0.744. The largest absolute Gasteiger partial charge is 0.497 e. The first-order valence-corrected chi connectivity index (χ1v) is 9.95. The van der Waals surface area contributed by atoms with Crippen LogP contribution in [0.4, 0.5) is 0 Å². The van der Waals surface area contributed by atoms with E-state index in [2.05, 4.69) is 4.90 Å². The van der Waals surface area contributed by atoms with E-state index in [0.29, 0.717) is 6.67 Å². The third-order valence-electron chi connectivity index (χ3n) is 6.42. The van der Waals surface area contributed by atoms with E-state index in [1.165, 1.54) is 4.90 Å². The minimum absolute atomic E-state index is 0.0389. The predicted octanol–water partition coefficient (Wildman–Crippen LogP) is 2.97. The normalized spacial score (nSPS) is 28.5. The summed E-state index contributed by atoms with van der Waals surface area (Å²) in [5, 5.41) is 0. The van der Waals surface area contributed by atoms with Crippen LogP contribution in [0.5, 0.6) is 11.5 Å². The summed E-state index contributed by atoms with van der Waals surface area (Å²) in [6.45, 7) is 1.27. The molecule has 3 aliphatic rings. The maximum absolute atomic E-state index is 12.8. The molecule has 0 bridgehead atoms. The second-order valence-electron chi connectivity index (χ2n) is 7.82. The maximum atomic E-state index is 12.8. The molecule has 0 radical (unpaired) electrons. The van der Waals surface area contributed by atoms with E-state index < -0.39 is 0 Å². The predicted molar refractivity (Wildman–Crippen MR) is 100 cm³/mol. The Kier molecular flexibility index (Phi) is 5.08. The number of rotatable bonds is 5. The minimum atomic E-state index is -0.0807. The van der Waals surface area contributed by atoms with Gasteiger partial charge in [0.15, 0.2) is 0 Å². The zero-order valence-corrected chi connectivity index (χ0v) is 16.1. The van der Waals surface area contributed by atoms with Crippen molar-refractivity contribution in [2.45, 2.75) is 44.6 Å². The fourth-order valence-corrected chi connectivity index (χ4v) is 4.99. The number of carbonyl (C=O) groups is 2. The Bertz CT molecular complexity index is 711. The summed E-state index contributed by atoms with van der Waals surface area (Å²) in [6, 6.07) is 6.02. The molecule has 4 rings (SSSR count). The van der Waals surface area contributed by atoms with E-state index in [9.17, 15) is 9.59 Å². The van der Waals surface area contributed by atoms with Gasteiger partial charge >= 0.3 is 0 Å². The van der Waals surface area contributed by atoms with E-state index in [1.54, 1.807) is 14.2 Å². The van der Waals surface area contributed by atoms with Crippen LogP contribution in [0.15, 0.2) is 18.2 Å². The SMILES string of the molecule is COc1ccc([C@@H]2CCCN2CN2C(=O)[C@@H]3CCCC[C@H]3C2=O)c(OC)c1. The molecule has 6 heteroatoms. The van der Waals surface area contributed by atoms with Crippen molar-refractivity contribution < 1.29 is 19.1 Å². The molecule has 146 valence electrons. The topological polar surface area (TPSA) is 59.1 Å². The van der Waals surface area contributed by atoms with Gasteiger partial charge in [0.1, 0.15) is 11.5 Å². The summed E-state index contributed by atoms with van der Waals surface area (Å²) in [5.74, 6) is 1.47. The van der Waals surface area contributed by atoms with Gasteiger partial charge in [-0.05, 0) is 31.7 Å². The highest BCUT2D eigenvalue weighted by molar-refractivity contribution is 6.05. The van der Waals surface area contributed by atoms with Gasteiger partial charge in [0.05, 0.1) is 32.7 Å². The summed E-state index contributed by atoms with van der Waals surface area (Å²) in [4.78, 5) is 29.4. The van der Waals surface area contributed by atoms with Crippen LogP contribution >= 0.6 is 0 Å². The second kappa shape index (κ2) is 7.50. The number of benzene rings is 1. The number of fused-ring (bicyclic) bond motifs is 1. The Morgan fingerprint density at radius 2 is 1.67 bits per heavy atom. The third kappa shape index (κ3) is 3.20. The van der Waals surface area contributed by atoms with Crippen LogP contribution in [0.3, 0.4) is 0 Å². The summed E-state index contributed by atoms with van der Waals surface area (Å²) < 4.78 is 10.9. The van der Waals surface area contributed by atoms with E-state index in [4.69, 9.17) is 9.47 Å². The lowest BCUT2D eigenvalue weighted by Gasteiger charge is -2.29. The molecule has 0 N–H and O–H groups in total. The zero-order valence-electron chi connectivity index (χ0n) is 16.1. The Labute approximate surface area is 160 Å². The molecule has 3 atom stereocenters. The van der Waals surface area contributed by atoms with Crippen LogP contribution in [-0.4, -0.2) is 49.0 Å². The number of likely N-dealkylation sites (tertiary alicyclic amines) is 2. The molecular formula is C21H28N2O4. The molecule has 1 aromatic rings. The van der Waals surface area contributed by atoms with Crippen LogP contribution in [-0.2, 0) is 9.59 Å². The number of nitrogens with zero attached hydrogens (tertiary/aromatic N) is 2. The molecule has 0 spiro atoms. The smallest absolute Gasteiger partial charge is 0.234 e. The highest BCUT2D eigenvalue weighted by Crippen LogP contribution is 2.41. The van der Waals surface area contributed by atoms with Crippen molar-refractivity contribution in [1.82, 2.24) is 9.80 Å². The highest BCUT2D eigenvalue weighted by Gasteiger charge is 2.49. The minimum Gasteiger partial charge on any atom is -0.497 e. The van der Waals surface area contributed by atoms with Gasteiger partial charge in [-0.2, -0.15) is 0 Å². The van der Waals surface area contributed by atoms with Gasteiger partial charge < -0.3 is 9.47 Å².